The van der Waals surface area contributed by atoms with E-state index in [2.05, 4.69) is 0 Å². The van der Waals surface area contributed by atoms with E-state index in [0.29, 0.717) is 11.5 Å². The summed E-state index contributed by atoms with van der Waals surface area (Å²) in [6.07, 6.45) is -0.893. The number of ether oxygens (including phenoxy) is 5. The van der Waals surface area contributed by atoms with Crippen LogP contribution in [-0.4, -0.2) is 29.8 Å². The second kappa shape index (κ2) is 28.2. The molecule has 0 aromatic heterocycles. The highest BCUT2D eigenvalue weighted by molar-refractivity contribution is 5.88. The molecule has 0 aliphatic rings. The lowest BCUT2D eigenvalue weighted by Gasteiger charge is -2.44. The van der Waals surface area contributed by atoms with Crippen LogP contribution in [0.2, 0.25) is 0 Å². The van der Waals surface area contributed by atoms with Gasteiger partial charge in [-0.25, -0.2) is 0 Å². The Kier molecular flexibility index (Phi) is 19.8. The summed E-state index contributed by atoms with van der Waals surface area (Å²) < 4.78 is 31.6. The zero-order valence-electron chi connectivity index (χ0n) is 53.1. The predicted molar refractivity (Wildman–Crippen MR) is 363 cm³/mol. The third-order valence-corrected chi connectivity index (χ3v) is 17.3. The first-order valence-corrected chi connectivity index (χ1v) is 31.1. The van der Waals surface area contributed by atoms with Gasteiger partial charge in [-0.05, 0) is 190 Å². The van der Waals surface area contributed by atoms with Crippen LogP contribution in [0.25, 0.3) is 55.6 Å². The summed E-state index contributed by atoms with van der Waals surface area (Å²) in [4.78, 5) is 77.1. The molecule has 92 heavy (non-hydrogen) atoms. The fraction of sp³-hybridized carbons (Fsp3) is 0.207. The van der Waals surface area contributed by atoms with Crippen molar-refractivity contribution in [2.75, 3.05) is 0 Å². The van der Waals surface area contributed by atoms with E-state index in [0.717, 1.165) is 55.6 Å². The van der Waals surface area contributed by atoms with Crippen LogP contribution in [0.5, 0.6) is 28.7 Å². The maximum atomic E-state index is 16.0. The normalized spacial score (nSPS) is 13.9. The lowest BCUT2D eigenvalue weighted by molar-refractivity contribution is -0.163. The van der Waals surface area contributed by atoms with Crippen LogP contribution in [0.15, 0.2) is 273 Å². The topological polar surface area (TPSA) is 132 Å². The Labute approximate surface area is 539 Å². The average molecular weight is 1220 g/mol. The first-order chi connectivity index (χ1) is 44.2. The molecule has 10 aromatic rings. The highest BCUT2D eigenvalue weighted by atomic mass is 16.6. The Morgan fingerprint density at radius 1 is 0.228 bits per heavy atom. The smallest absolute Gasteiger partial charge is 0.317 e. The second-order valence-corrected chi connectivity index (χ2v) is 25.6. The van der Waals surface area contributed by atoms with Crippen LogP contribution in [0, 0.1) is 27.1 Å². The number of hydrogen-bond acceptors (Lipinski definition) is 10. The number of benzene rings is 10. The number of hydrogen-bond donors (Lipinski definition) is 0. The van der Waals surface area contributed by atoms with Gasteiger partial charge in [0.1, 0.15) is 28.7 Å². The van der Waals surface area contributed by atoms with Crippen molar-refractivity contribution in [2.45, 2.75) is 80.6 Å². The molecule has 0 aliphatic heterocycles. The van der Waals surface area contributed by atoms with E-state index >= 15 is 14.4 Å². The van der Waals surface area contributed by atoms with Crippen molar-refractivity contribution in [3.05, 3.63) is 273 Å². The van der Waals surface area contributed by atoms with Crippen LogP contribution in [0.1, 0.15) is 80.6 Å². The summed E-state index contributed by atoms with van der Waals surface area (Å²) in [5, 5.41) is 0. The fourth-order valence-corrected chi connectivity index (χ4v) is 12.5. The van der Waals surface area contributed by atoms with Gasteiger partial charge in [-0.3, -0.25) is 24.0 Å². The van der Waals surface area contributed by atoms with Crippen molar-refractivity contribution >= 4 is 29.8 Å². The molecule has 0 heterocycles. The van der Waals surface area contributed by atoms with Crippen LogP contribution >= 0.6 is 0 Å². The van der Waals surface area contributed by atoms with Crippen molar-refractivity contribution in [3.63, 3.8) is 0 Å². The van der Waals surface area contributed by atoms with Crippen molar-refractivity contribution in [1.29, 1.82) is 0 Å². The fourth-order valence-electron chi connectivity index (χ4n) is 12.5. The third-order valence-electron chi connectivity index (χ3n) is 17.3. The molecule has 0 spiro atoms. The second-order valence-electron chi connectivity index (χ2n) is 25.6. The zero-order chi connectivity index (χ0) is 64.9. The van der Waals surface area contributed by atoms with Gasteiger partial charge in [-0.1, -0.05) is 219 Å². The van der Waals surface area contributed by atoms with E-state index in [9.17, 15) is 9.59 Å². The molecule has 10 nitrogen and oxygen atoms in total. The molecule has 464 valence electrons. The number of carbonyl (C=O) groups excluding carboxylic acids is 5. The van der Waals surface area contributed by atoms with Gasteiger partial charge in [-0.15, -0.1) is 0 Å². The van der Waals surface area contributed by atoms with Crippen LogP contribution in [-0.2, 0) is 24.0 Å². The van der Waals surface area contributed by atoms with Gasteiger partial charge in [-0.2, -0.15) is 0 Å². The van der Waals surface area contributed by atoms with E-state index in [-0.39, 0.29) is 49.4 Å². The molecule has 0 radical (unpaired) electrons. The summed E-state index contributed by atoms with van der Waals surface area (Å²) in [6, 6.07) is 84.8. The Morgan fingerprint density at radius 2 is 0.402 bits per heavy atom. The largest absolute Gasteiger partial charge is 0.426 e. The molecule has 0 saturated heterocycles. The highest BCUT2D eigenvalue weighted by Gasteiger charge is 2.56. The number of carbonyl (C=O) groups is 5. The first kappa shape index (κ1) is 64.5. The maximum Gasteiger partial charge on any atom is 0.317 e. The molecule has 10 aromatic carbocycles. The van der Waals surface area contributed by atoms with E-state index in [4.69, 9.17) is 23.7 Å². The summed E-state index contributed by atoms with van der Waals surface area (Å²) in [5.41, 5.74) is 1.27. The number of esters is 5. The zero-order valence-corrected chi connectivity index (χ0v) is 53.1. The summed E-state index contributed by atoms with van der Waals surface area (Å²) in [5.74, 6) is -2.30. The lowest BCUT2D eigenvalue weighted by atomic mass is 9.59. The van der Waals surface area contributed by atoms with Crippen LogP contribution in [0.3, 0.4) is 0 Å². The van der Waals surface area contributed by atoms with Crippen LogP contribution in [0.4, 0.5) is 0 Å². The maximum absolute atomic E-state index is 16.0. The van der Waals surface area contributed by atoms with E-state index in [1.54, 1.807) is 102 Å². The van der Waals surface area contributed by atoms with Crippen molar-refractivity contribution in [3.8, 4) is 84.4 Å². The molecular formula is C82H76O10. The Balaban J connectivity index is 1.04. The van der Waals surface area contributed by atoms with Gasteiger partial charge in [0.15, 0.2) is 0 Å². The molecule has 0 saturated carbocycles. The standard InChI is InChI=1S/C82H76O10/c1-8-79(4,74(84)89-69-46-36-64(37-47-69)59-26-16-10-17-27-59)55-81(6,76(86)91-71-50-40-66(41-51-71)61-30-20-12-21-31-61)57-82(7,77(87)92-72-52-42-67(43-53-72)62-32-22-13-23-33-62)56-80(5,75(85)90-70-48-38-65(39-49-70)60-28-18-11-19-29-60)54-78(2,3)73(83)88-68-44-34-63(35-45-68)58-24-14-9-15-25-58/h9-53H,8,54-57H2,1-7H3. The third kappa shape index (κ3) is 15.7. The van der Waals surface area contributed by atoms with Gasteiger partial charge < -0.3 is 23.7 Å². The van der Waals surface area contributed by atoms with Gasteiger partial charge in [0.05, 0.1) is 27.1 Å². The summed E-state index contributed by atoms with van der Waals surface area (Å²) in [6.45, 7) is 12.0. The van der Waals surface area contributed by atoms with E-state index < -0.39 is 56.9 Å². The molecule has 0 amide bonds. The summed E-state index contributed by atoms with van der Waals surface area (Å²) >= 11 is 0. The number of rotatable bonds is 24. The molecule has 10 heteroatoms. The van der Waals surface area contributed by atoms with Crippen molar-refractivity contribution in [1.82, 2.24) is 0 Å². The monoisotopic (exact) mass is 1220 g/mol. The molecule has 4 atom stereocenters. The lowest BCUT2D eigenvalue weighted by Crippen LogP contribution is -2.50. The molecule has 10 rings (SSSR count). The quantitative estimate of drug-likeness (QED) is 0.0425. The SMILES string of the molecule is CCC(C)(CC(C)(CC(C)(CC(C)(CC(C)(C)C(=O)Oc1ccc(-c2ccccc2)cc1)C(=O)Oc1ccc(-c2ccccc2)cc1)C(=O)Oc1ccc(-c2ccccc2)cc1)C(=O)Oc1ccc(-c2ccccc2)cc1)C(=O)Oc1ccc(-c2ccccc2)cc1. The molecule has 0 aliphatic carbocycles. The Bertz CT molecular complexity index is 4120. The first-order valence-electron chi connectivity index (χ1n) is 31.1. The van der Waals surface area contributed by atoms with E-state index in [1.165, 1.54) is 0 Å². The Hall–Kier alpha value is -10.5. The van der Waals surface area contributed by atoms with Crippen molar-refractivity contribution in [2.24, 2.45) is 27.1 Å². The van der Waals surface area contributed by atoms with Gasteiger partial charge in [0, 0.05) is 0 Å². The highest BCUT2D eigenvalue weighted by Crippen LogP contribution is 2.53. The van der Waals surface area contributed by atoms with Gasteiger partial charge in [0.25, 0.3) is 0 Å². The minimum atomic E-state index is -1.83. The summed E-state index contributed by atoms with van der Waals surface area (Å²) in [7, 11) is 0. The minimum Gasteiger partial charge on any atom is -0.426 e. The molecule has 0 fully saturated rings. The predicted octanol–water partition coefficient (Wildman–Crippen LogP) is 19.4. The minimum absolute atomic E-state index is 0.192. The van der Waals surface area contributed by atoms with Crippen molar-refractivity contribution < 1.29 is 47.7 Å². The molecular weight excluding hydrogens is 1140 g/mol. The molecule has 0 bridgehead atoms. The van der Waals surface area contributed by atoms with Gasteiger partial charge >= 0.3 is 29.8 Å². The van der Waals surface area contributed by atoms with Crippen LogP contribution < -0.4 is 23.7 Å². The average Bonchev–Trinajstić information content (AvgIpc) is 0.778. The van der Waals surface area contributed by atoms with Gasteiger partial charge in [0.2, 0.25) is 0 Å². The Morgan fingerprint density at radius 3 is 0.620 bits per heavy atom. The molecule has 0 N–H and O–H groups in total. The molecule has 4 unspecified atom stereocenters. The van der Waals surface area contributed by atoms with E-state index in [1.807, 2.05) is 219 Å².